The Hall–Kier alpha value is -4.00. The van der Waals surface area contributed by atoms with Crippen LogP contribution in [-0.4, -0.2) is 27.8 Å². The predicted octanol–water partition coefficient (Wildman–Crippen LogP) is 7.02. The van der Waals surface area contributed by atoms with Crippen molar-refractivity contribution in [2.24, 2.45) is 0 Å². The molecule has 0 saturated heterocycles. The molecule has 37 heavy (non-hydrogen) atoms. The number of hydrogen-bond donors (Lipinski definition) is 0. The van der Waals surface area contributed by atoms with E-state index in [1.54, 1.807) is 14.2 Å². The molecule has 0 spiro atoms. The van der Waals surface area contributed by atoms with Crippen LogP contribution in [0.2, 0.25) is 0 Å². The van der Waals surface area contributed by atoms with Crippen molar-refractivity contribution in [1.29, 1.82) is 0 Å². The highest BCUT2D eigenvalue weighted by atomic mass is 17.2. The Morgan fingerprint density at radius 3 is 1.43 bits per heavy atom. The van der Waals surface area contributed by atoms with Crippen molar-refractivity contribution in [1.82, 2.24) is 0 Å². The van der Waals surface area contributed by atoms with Gasteiger partial charge in [0.25, 0.3) is 0 Å². The fourth-order valence-corrected chi connectivity index (χ4v) is 3.90. The van der Waals surface area contributed by atoms with Gasteiger partial charge in [0.1, 0.15) is 17.2 Å². The Labute approximate surface area is 218 Å². The molecule has 4 rings (SSSR count). The smallest absolute Gasteiger partial charge is 0.232 e. The van der Waals surface area contributed by atoms with Gasteiger partial charge in [0.15, 0.2) is 12.5 Å². The van der Waals surface area contributed by atoms with E-state index < -0.39 is 0 Å². The highest BCUT2D eigenvalue weighted by molar-refractivity contribution is 5.64. The first-order valence-electron chi connectivity index (χ1n) is 12.0. The van der Waals surface area contributed by atoms with E-state index >= 15 is 0 Å². The molecule has 6 heteroatoms. The highest BCUT2D eigenvalue weighted by Gasteiger charge is 2.23. The van der Waals surface area contributed by atoms with Crippen molar-refractivity contribution >= 4 is 0 Å². The fourth-order valence-electron chi connectivity index (χ4n) is 3.90. The van der Waals surface area contributed by atoms with Crippen LogP contribution >= 0.6 is 0 Å². The van der Waals surface area contributed by atoms with Crippen LogP contribution < -0.4 is 19.1 Å². The average molecular weight is 501 g/mol. The molecule has 192 valence electrons. The summed E-state index contributed by atoms with van der Waals surface area (Å²) >= 11 is 0. The van der Waals surface area contributed by atoms with E-state index in [1.165, 1.54) is 11.1 Å². The minimum atomic E-state index is -0.156. The molecule has 6 nitrogen and oxygen atoms in total. The van der Waals surface area contributed by atoms with Gasteiger partial charge in [0.2, 0.25) is 6.79 Å². The molecule has 0 atom stereocenters. The fraction of sp³-hybridized carbons (Fsp3) is 0.226. The Morgan fingerprint density at radius 2 is 0.946 bits per heavy atom. The summed E-state index contributed by atoms with van der Waals surface area (Å²) in [6, 6.07) is 31.6. The average Bonchev–Trinajstić information content (AvgIpc) is 2.95. The summed E-state index contributed by atoms with van der Waals surface area (Å²) in [5.41, 5.74) is 4.35. The van der Waals surface area contributed by atoms with Gasteiger partial charge < -0.3 is 23.8 Å². The summed E-state index contributed by atoms with van der Waals surface area (Å²) in [6.45, 7) is 4.58. The van der Waals surface area contributed by atoms with Crippen LogP contribution in [0.4, 0.5) is 0 Å². The second-order valence-electron chi connectivity index (χ2n) is 8.94. The molecule has 0 aliphatic carbocycles. The van der Waals surface area contributed by atoms with E-state index in [0.29, 0.717) is 11.5 Å². The van der Waals surface area contributed by atoms with E-state index in [2.05, 4.69) is 38.1 Å². The maximum Gasteiger partial charge on any atom is 0.232 e. The number of ether oxygens (including phenoxy) is 4. The van der Waals surface area contributed by atoms with Crippen molar-refractivity contribution in [2.45, 2.75) is 19.3 Å². The van der Waals surface area contributed by atoms with E-state index in [0.717, 1.165) is 22.6 Å². The van der Waals surface area contributed by atoms with Gasteiger partial charge in [-0.2, -0.15) is 0 Å². The van der Waals surface area contributed by atoms with Crippen LogP contribution in [0, 0.1) is 0 Å². The molecule has 0 heterocycles. The molecule has 0 aliphatic heterocycles. The molecule has 0 unspecified atom stereocenters. The van der Waals surface area contributed by atoms with Gasteiger partial charge in [-0.05, 0) is 70.8 Å². The number of benzene rings is 4. The Balaban J connectivity index is 1.25. The largest absolute Gasteiger partial charge is 0.497 e. The molecule has 0 bridgehead atoms. The molecule has 0 radical (unpaired) electrons. The quantitative estimate of drug-likeness (QED) is 0.0902. The third-order valence-corrected chi connectivity index (χ3v) is 6.20. The zero-order valence-electron chi connectivity index (χ0n) is 21.6. The first kappa shape index (κ1) is 26.1. The summed E-state index contributed by atoms with van der Waals surface area (Å²) in [4.78, 5) is 10.6. The Morgan fingerprint density at radius 1 is 0.514 bits per heavy atom. The van der Waals surface area contributed by atoms with Crippen LogP contribution in [0.25, 0.3) is 11.1 Å². The molecular weight excluding hydrogens is 468 g/mol. The molecule has 0 amide bonds. The van der Waals surface area contributed by atoms with Crippen LogP contribution in [0.5, 0.6) is 23.0 Å². The van der Waals surface area contributed by atoms with Gasteiger partial charge in [-0.3, -0.25) is 0 Å². The van der Waals surface area contributed by atoms with Crippen molar-refractivity contribution in [2.75, 3.05) is 27.8 Å². The number of hydrogen-bond acceptors (Lipinski definition) is 6. The second-order valence-corrected chi connectivity index (χ2v) is 8.94. The maximum atomic E-state index is 5.68. The summed E-state index contributed by atoms with van der Waals surface area (Å²) in [6.07, 6.45) is 0. The Kier molecular flexibility index (Phi) is 8.67. The van der Waals surface area contributed by atoms with Crippen molar-refractivity contribution in [3.8, 4) is 34.1 Å². The summed E-state index contributed by atoms with van der Waals surface area (Å²) < 4.78 is 21.3. The van der Waals surface area contributed by atoms with Gasteiger partial charge in [0, 0.05) is 12.5 Å². The van der Waals surface area contributed by atoms with E-state index in [4.69, 9.17) is 28.7 Å². The molecule has 0 N–H and O–H groups in total. The number of rotatable bonds is 12. The van der Waals surface area contributed by atoms with Crippen molar-refractivity contribution in [3.05, 3.63) is 108 Å². The third-order valence-electron chi connectivity index (χ3n) is 6.20. The van der Waals surface area contributed by atoms with Gasteiger partial charge in [-0.1, -0.05) is 62.4 Å². The van der Waals surface area contributed by atoms with Crippen LogP contribution in [0.3, 0.4) is 0 Å². The third kappa shape index (κ3) is 6.82. The lowest BCUT2D eigenvalue weighted by Gasteiger charge is -2.26. The first-order valence-corrected chi connectivity index (χ1v) is 12.0. The minimum Gasteiger partial charge on any atom is -0.497 e. The summed E-state index contributed by atoms with van der Waals surface area (Å²) in [5, 5.41) is 0. The second kappa shape index (κ2) is 12.3. The van der Waals surface area contributed by atoms with Gasteiger partial charge in [0.05, 0.1) is 7.11 Å². The molecule has 4 aromatic carbocycles. The molecule has 0 aromatic heterocycles. The lowest BCUT2D eigenvalue weighted by molar-refractivity contribution is -0.246. The number of methoxy groups -OCH3 is 2. The summed E-state index contributed by atoms with van der Waals surface area (Å²) in [5.74, 6) is 2.89. The van der Waals surface area contributed by atoms with Crippen LogP contribution in [0.1, 0.15) is 25.0 Å². The van der Waals surface area contributed by atoms with E-state index in [1.807, 2.05) is 72.8 Å². The van der Waals surface area contributed by atoms with Crippen molar-refractivity contribution in [3.63, 3.8) is 0 Å². The topological polar surface area (TPSA) is 55.4 Å². The zero-order chi connectivity index (χ0) is 26.1. The maximum absolute atomic E-state index is 5.68. The normalized spacial score (nSPS) is 11.1. The van der Waals surface area contributed by atoms with Crippen molar-refractivity contribution < 1.29 is 28.7 Å². The Bertz CT molecular complexity index is 1230. The monoisotopic (exact) mass is 500 g/mol. The molecule has 4 aromatic rings. The highest BCUT2D eigenvalue weighted by Crippen LogP contribution is 2.33. The zero-order valence-corrected chi connectivity index (χ0v) is 21.6. The first-order chi connectivity index (χ1) is 18.0. The predicted molar refractivity (Wildman–Crippen MR) is 143 cm³/mol. The summed E-state index contributed by atoms with van der Waals surface area (Å²) in [7, 11) is 3.27. The van der Waals surface area contributed by atoms with Gasteiger partial charge >= 0.3 is 0 Å². The van der Waals surface area contributed by atoms with E-state index in [9.17, 15) is 0 Å². The van der Waals surface area contributed by atoms with Crippen LogP contribution in [0.15, 0.2) is 97.1 Å². The SMILES string of the molecule is COCOc1ccc(-c2ccc(OOCOc3ccc(C(C)(C)c4ccc(OC)cc4)cc3)cc2)cc1. The lowest BCUT2D eigenvalue weighted by atomic mass is 9.78. The van der Waals surface area contributed by atoms with E-state index in [-0.39, 0.29) is 19.0 Å². The molecule has 0 saturated carbocycles. The molecule has 0 aliphatic rings. The molecular formula is C31H32O6. The minimum absolute atomic E-state index is 0.0358. The standard InChI is InChI=1S/C31H32O6/c1-31(2,25-9-17-27(33-4)18-10-25)26-11-19-29(20-12-26)35-22-36-37-30-15-7-24(8-16-30)23-5-13-28(14-6-23)34-21-32-3/h5-20H,21-22H2,1-4H3. The van der Waals surface area contributed by atoms with Gasteiger partial charge in [-0.25, -0.2) is 0 Å². The molecule has 0 fully saturated rings. The lowest BCUT2D eigenvalue weighted by Crippen LogP contribution is -2.18. The van der Waals surface area contributed by atoms with Crippen LogP contribution in [-0.2, 0) is 15.0 Å². The van der Waals surface area contributed by atoms with Gasteiger partial charge in [-0.15, -0.1) is 4.89 Å².